The molecule has 0 saturated heterocycles. The lowest BCUT2D eigenvalue weighted by Crippen LogP contribution is -2.00. The second kappa shape index (κ2) is 8.76. The first-order chi connectivity index (χ1) is 21.8. The van der Waals surface area contributed by atoms with Crippen LogP contribution >= 0.6 is 0 Å². The lowest BCUT2D eigenvalue weighted by atomic mass is 9.91. The number of para-hydroxylation sites is 1. The van der Waals surface area contributed by atoms with E-state index in [1.807, 2.05) is 48.5 Å². The number of nitrogens with zero attached hydrogens (tertiary/aromatic N) is 2. The molecule has 0 N–H and O–H groups in total. The SMILES string of the molecule is c1ccc(-c2nc(-c3ccc4ccc5ccc6cccc7c6c5c4c3O7)cc(-c3cccc4oc5ccccc5c34)n2)cc1. The summed E-state index contributed by atoms with van der Waals surface area (Å²) in [6.45, 7) is 0. The molecule has 10 rings (SSSR count). The molecule has 7 aromatic carbocycles. The van der Waals surface area contributed by atoms with Crippen LogP contribution in [0, 0.1) is 0 Å². The minimum atomic E-state index is 0.659. The highest BCUT2D eigenvalue weighted by Crippen LogP contribution is 2.50. The van der Waals surface area contributed by atoms with Gasteiger partial charge in [-0.1, -0.05) is 103 Å². The van der Waals surface area contributed by atoms with E-state index in [-0.39, 0.29) is 0 Å². The van der Waals surface area contributed by atoms with Gasteiger partial charge in [-0.25, -0.2) is 9.97 Å². The molecule has 0 unspecified atom stereocenters. The van der Waals surface area contributed by atoms with Crippen molar-refractivity contribution in [1.82, 2.24) is 9.97 Å². The summed E-state index contributed by atoms with van der Waals surface area (Å²) in [7, 11) is 0. The maximum absolute atomic E-state index is 6.80. The highest BCUT2D eigenvalue weighted by Gasteiger charge is 2.24. The van der Waals surface area contributed by atoms with Gasteiger partial charge in [-0.2, -0.15) is 0 Å². The summed E-state index contributed by atoms with van der Waals surface area (Å²) in [6, 6.07) is 45.9. The average Bonchev–Trinajstić information content (AvgIpc) is 3.47. The average molecular weight is 563 g/mol. The van der Waals surface area contributed by atoms with Gasteiger partial charge in [-0.15, -0.1) is 0 Å². The molecule has 1 aliphatic rings. The minimum absolute atomic E-state index is 0.659. The number of rotatable bonds is 3. The molecular weight excluding hydrogens is 540 g/mol. The van der Waals surface area contributed by atoms with Gasteiger partial charge in [0.15, 0.2) is 5.82 Å². The zero-order chi connectivity index (χ0) is 28.8. The molecule has 3 heterocycles. The van der Waals surface area contributed by atoms with E-state index in [0.29, 0.717) is 5.82 Å². The quantitative estimate of drug-likeness (QED) is 0.201. The summed E-state index contributed by atoms with van der Waals surface area (Å²) < 4.78 is 13.0. The van der Waals surface area contributed by atoms with Crippen molar-refractivity contribution in [3.05, 3.63) is 133 Å². The normalized spacial score (nSPS) is 12.3. The first-order valence-corrected chi connectivity index (χ1v) is 14.7. The Hall–Kier alpha value is -6.00. The maximum Gasteiger partial charge on any atom is 0.160 e. The van der Waals surface area contributed by atoms with E-state index in [1.54, 1.807) is 0 Å². The van der Waals surface area contributed by atoms with Crippen LogP contribution in [-0.4, -0.2) is 9.97 Å². The molecule has 204 valence electrons. The number of fused-ring (bicyclic) bond motifs is 3. The van der Waals surface area contributed by atoms with Crippen LogP contribution in [0.4, 0.5) is 0 Å². The van der Waals surface area contributed by atoms with Crippen LogP contribution in [0.3, 0.4) is 0 Å². The fraction of sp³-hybridized carbons (Fsp3) is 0. The lowest BCUT2D eigenvalue weighted by molar-refractivity contribution is 0.494. The predicted octanol–water partition coefficient (Wildman–Crippen LogP) is 10.9. The molecule has 0 aliphatic carbocycles. The molecular formula is C40H22N2O2. The number of furan rings is 1. The molecule has 0 bridgehead atoms. The highest BCUT2D eigenvalue weighted by atomic mass is 16.5. The third kappa shape index (κ3) is 3.28. The van der Waals surface area contributed by atoms with Gasteiger partial charge in [0.05, 0.1) is 11.4 Å². The Labute approximate surface area is 251 Å². The van der Waals surface area contributed by atoms with Crippen molar-refractivity contribution in [2.75, 3.05) is 0 Å². The summed E-state index contributed by atoms with van der Waals surface area (Å²) >= 11 is 0. The van der Waals surface area contributed by atoms with E-state index >= 15 is 0 Å². The van der Waals surface area contributed by atoms with Gasteiger partial charge < -0.3 is 9.15 Å². The summed E-state index contributed by atoms with van der Waals surface area (Å²) in [5.41, 5.74) is 6.21. The maximum atomic E-state index is 6.80. The second-order valence-corrected chi connectivity index (χ2v) is 11.3. The third-order valence-corrected chi connectivity index (χ3v) is 8.85. The smallest absolute Gasteiger partial charge is 0.160 e. The van der Waals surface area contributed by atoms with E-state index in [2.05, 4.69) is 84.9 Å². The number of aromatic nitrogens is 2. The van der Waals surface area contributed by atoms with Gasteiger partial charge >= 0.3 is 0 Å². The summed E-state index contributed by atoms with van der Waals surface area (Å²) in [5.74, 6) is 2.36. The van der Waals surface area contributed by atoms with Gasteiger partial charge in [0.25, 0.3) is 0 Å². The molecule has 0 saturated carbocycles. The van der Waals surface area contributed by atoms with Crippen LogP contribution in [0.5, 0.6) is 11.5 Å². The third-order valence-electron chi connectivity index (χ3n) is 8.85. The summed E-state index contributed by atoms with van der Waals surface area (Å²) in [4.78, 5) is 10.3. The monoisotopic (exact) mass is 562 g/mol. The van der Waals surface area contributed by atoms with Gasteiger partial charge in [0.1, 0.15) is 22.7 Å². The topological polar surface area (TPSA) is 48.2 Å². The van der Waals surface area contributed by atoms with E-state index < -0.39 is 0 Å². The van der Waals surface area contributed by atoms with Gasteiger partial charge in [0, 0.05) is 43.6 Å². The van der Waals surface area contributed by atoms with Crippen LogP contribution in [0.1, 0.15) is 0 Å². The van der Waals surface area contributed by atoms with Crippen molar-refractivity contribution in [1.29, 1.82) is 0 Å². The van der Waals surface area contributed by atoms with E-state index in [1.165, 1.54) is 16.2 Å². The Kier molecular flexibility index (Phi) is 4.69. The fourth-order valence-electron chi connectivity index (χ4n) is 6.87. The van der Waals surface area contributed by atoms with Crippen LogP contribution in [0.2, 0.25) is 0 Å². The number of hydrogen-bond donors (Lipinski definition) is 0. The Morgan fingerprint density at radius 2 is 1.14 bits per heavy atom. The first-order valence-electron chi connectivity index (χ1n) is 14.7. The molecule has 1 aliphatic heterocycles. The highest BCUT2D eigenvalue weighted by molar-refractivity contribution is 6.26. The van der Waals surface area contributed by atoms with Crippen molar-refractivity contribution in [2.45, 2.75) is 0 Å². The van der Waals surface area contributed by atoms with Crippen LogP contribution in [0.15, 0.2) is 138 Å². The molecule has 9 aromatic rings. The summed E-state index contributed by atoms with van der Waals surface area (Å²) in [5, 5.41) is 9.14. The Bertz CT molecular complexity index is 2630. The van der Waals surface area contributed by atoms with Gasteiger partial charge in [0.2, 0.25) is 0 Å². The van der Waals surface area contributed by atoms with E-state index in [9.17, 15) is 0 Å². The van der Waals surface area contributed by atoms with E-state index in [0.717, 1.165) is 77.7 Å². The molecule has 0 amide bonds. The van der Waals surface area contributed by atoms with Gasteiger partial charge in [-0.05, 0) is 46.5 Å². The molecule has 0 atom stereocenters. The molecule has 0 radical (unpaired) electrons. The first kappa shape index (κ1) is 23.6. The largest absolute Gasteiger partial charge is 0.456 e. The van der Waals surface area contributed by atoms with Crippen molar-refractivity contribution in [3.8, 4) is 45.4 Å². The van der Waals surface area contributed by atoms with Gasteiger partial charge in [-0.3, -0.25) is 0 Å². The summed E-state index contributed by atoms with van der Waals surface area (Å²) in [6.07, 6.45) is 0. The standard InChI is InChI=1S/C40H22N2O2/c1-2-8-26(9-3-1)40-41-30(27-12-7-15-34-38(27)29-11-4-5-13-32(29)43-34)22-31(42-40)28-21-20-25-19-18-24-17-16-23-10-6-14-33-35(23)36(24)37(25)39(28)44-33/h1-22H. The number of hydrogen-bond acceptors (Lipinski definition) is 4. The molecule has 2 aromatic heterocycles. The molecule has 0 fully saturated rings. The van der Waals surface area contributed by atoms with Crippen molar-refractivity contribution < 1.29 is 9.15 Å². The zero-order valence-corrected chi connectivity index (χ0v) is 23.4. The van der Waals surface area contributed by atoms with Crippen molar-refractivity contribution >= 4 is 54.3 Å². The Morgan fingerprint density at radius 3 is 2.00 bits per heavy atom. The predicted molar refractivity (Wildman–Crippen MR) is 178 cm³/mol. The van der Waals surface area contributed by atoms with Crippen molar-refractivity contribution in [2.24, 2.45) is 0 Å². The minimum Gasteiger partial charge on any atom is -0.456 e. The van der Waals surface area contributed by atoms with Crippen LogP contribution < -0.4 is 4.74 Å². The second-order valence-electron chi connectivity index (χ2n) is 11.3. The molecule has 44 heavy (non-hydrogen) atoms. The van der Waals surface area contributed by atoms with Crippen LogP contribution in [-0.2, 0) is 0 Å². The lowest BCUT2D eigenvalue weighted by Gasteiger charge is -2.22. The van der Waals surface area contributed by atoms with Crippen molar-refractivity contribution in [3.63, 3.8) is 0 Å². The Morgan fingerprint density at radius 1 is 0.455 bits per heavy atom. The van der Waals surface area contributed by atoms with Crippen LogP contribution in [0.25, 0.3) is 88.2 Å². The number of ether oxygens (including phenoxy) is 1. The molecule has 0 spiro atoms. The molecule has 4 nitrogen and oxygen atoms in total. The van der Waals surface area contributed by atoms with E-state index in [4.69, 9.17) is 19.1 Å². The Balaban J connectivity index is 1.30. The zero-order valence-electron chi connectivity index (χ0n) is 23.4. The fourth-order valence-corrected chi connectivity index (χ4v) is 6.87. The molecule has 4 heteroatoms. The number of benzene rings is 7.